The van der Waals surface area contributed by atoms with Gasteiger partial charge in [-0.1, -0.05) is 84.9 Å². The molecular weight excluding hydrogens is 753 g/mol. The van der Waals surface area contributed by atoms with E-state index in [1.807, 2.05) is 90.8 Å². The molecule has 0 spiro atoms. The number of benzene rings is 3. The molecule has 60 heavy (non-hydrogen) atoms. The Morgan fingerprint density at radius 3 is 1.87 bits per heavy atom. The number of methoxy groups -OCH3 is 1. The van der Waals surface area contributed by atoms with Gasteiger partial charge in [-0.05, 0) is 106 Å². The number of ether oxygens (including phenoxy) is 1. The number of H-pyrrole nitrogens is 2. The molecule has 4 unspecified atom stereocenters. The standard InChI is InChI=1S/C48H56N8O4/c1-54(2)41(34-14-8-5-9-15-34)45(58)56-29-11-17-38(56)43-50-31-39(52-43)48-25-22-47(23-26-48,24-27-48)35-20-18-32(19-21-35)36-30-49-42(51-36)37-16-10-28-55(37)44(57)40(53-46(59)60-3)33-12-6-4-7-13-33/h4-9,12-15,18-21,30-31,37-38,40-41H,10-11,16-17,22-29H2,1-3H3,(H,49,51)(H,50,52)(H,53,59). The Morgan fingerprint density at radius 1 is 0.717 bits per heavy atom. The summed E-state index contributed by atoms with van der Waals surface area (Å²) in [5.41, 5.74) is 6.59. The van der Waals surface area contributed by atoms with Crippen LogP contribution in [-0.4, -0.2) is 86.8 Å². The Bertz CT molecular complexity index is 2280. The monoisotopic (exact) mass is 808 g/mol. The molecule has 12 heteroatoms. The summed E-state index contributed by atoms with van der Waals surface area (Å²) in [4.78, 5) is 63.3. The molecule has 5 fully saturated rings. The average molecular weight is 809 g/mol. The molecule has 312 valence electrons. The second-order valence-corrected chi connectivity index (χ2v) is 17.6. The number of likely N-dealkylation sites (tertiary alicyclic amines) is 2. The number of hydrogen-bond acceptors (Lipinski definition) is 7. The first kappa shape index (κ1) is 39.7. The zero-order valence-corrected chi connectivity index (χ0v) is 34.9. The smallest absolute Gasteiger partial charge is 0.407 e. The lowest BCUT2D eigenvalue weighted by Gasteiger charge is -2.53. The lowest BCUT2D eigenvalue weighted by molar-refractivity contribution is -0.137. The average Bonchev–Trinajstić information content (AvgIpc) is 4.14. The molecule has 12 nitrogen and oxygen atoms in total. The first-order valence-corrected chi connectivity index (χ1v) is 21.6. The van der Waals surface area contributed by atoms with Crippen LogP contribution in [0.15, 0.2) is 97.3 Å². The molecule has 3 N–H and O–H groups in total. The van der Waals surface area contributed by atoms with E-state index in [2.05, 4.69) is 50.6 Å². The summed E-state index contributed by atoms with van der Waals surface area (Å²) in [6.07, 6.45) is 13.5. The number of alkyl carbamates (subject to hydrolysis) is 1. The summed E-state index contributed by atoms with van der Waals surface area (Å²) in [6.45, 7) is 1.33. The number of carbonyl (C=O) groups excluding carboxylic acids is 3. The maximum Gasteiger partial charge on any atom is 0.407 e. The van der Waals surface area contributed by atoms with Crippen LogP contribution < -0.4 is 5.32 Å². The number of hydrogen-bond donors (Lipinski definition) is 3. The Balaban J connectivity index is 0.854. The minimum Gasteiger partial charge on any atom is -0.453 e. The lowest BCUT2D eigenvalue weighted by Crippen LogP contribution is -2.46. The number of amides is 3. The highest BCUT2D eigenvalue weighted by molar-refractivity contribution is 5.87. The van der Waals surface area contributed by atoms with Crippen LogP contribution in [0, 0.1) is 0 Å². The molecule has 2 bridgehead atoms. The van der Waals surface area contributed by atoms with Crippen molar-refractivity contribution in [2.45, 2.75) is 99.2 Å². The molecule has 4 atom stereocenters. The van der Waals surface area contributed by atoms with E-state index in [1.54, 1.807) is 0 Å². The van der Waals surface area contributed by atoms with E-state index in [1.165, 1.54) is 18.4 Å². The third kappa shape index (κ3) is 7.29. The first-order chi connectivity index (χ1) is 29.2. The number of nitrogens with one attached hydrogen (secondary N) is 3. The van der Waals surface area contributed by atoms with Gasteiger partial charge in [-0.3, -0.25) is 14.5 Å². The molecule has 4 heterocycles. The van der Waals surface area contributed by atoms with Gasteiger partial charge in [0.15, 0.2) is 0 Å². The summed E-state index contributed by atoms with van der Waals surface area (Å²) in [5.74, 6) is 1.63. The number of nitrogens with zero attached hydrogens (tertiary/aromatic N) is 5. The largest absolute Gasteiger partial charge is 0.453 e. The highest BCUT2D eigenvalue weighted by Gasteiger charge is 2.51. The van der Waals surface area contributed by atoms with Gasteiger partial charge < -0.3 is 29.8 Å². The van der Waals surface area contributed by atoms with Gasteiger partial charge in [-0.15, -0.1) is 0 Å². The van der Waals surface area contributed by atoms with Gasteiger partial charge >= 0.3 is 6.09 Å². The van der Waals surface area contributed by atoms with Crippen LogP contribution in [0.5, 0.6) is 0 Å². The fourth-order valence-electron chi connectivity index (χ4n) is 10.8. The second kappa shape index (κ2) is 16.4. The van der Waals surface area contributed by atoms with Crippen molar-refractivity contribution in [3.63, 3.8) is 0 Å². The number of aromatic amines is 2. The van der Waals surface area contributed by atoms with Crippen molar-refractivity contribution in [1.29, 1.82) is 0 Å². The van der Waals surface area contributed by atoms with Crippen LogP contribution in [-0.2, 0) is 25.2 Å². The molecule has 3 aliphatic carbocycles. The quantitative estimate of drug-likeness (QED) is 0.123. The number of rotatable bonds is 11. The Labute approximate surface area is 352 Å². The van der Waals surface area contributed by atoms with Gasteiger partial charge in [-0.25, -0.2) is 14.8 Å². The molecule has 3 aromatic carbocycles. The first-order valence-electron chi connectivity index (χ1n) is 21.6. The van der Waals surface area contributed by atoms with Crippen LogP contribution in [0.25, 0.3) is 11.3 Å². The third-order valence-corrected chi connectivity index (χ3v) is 14.2. The fourth-order valence-corrected chi connectivity index (χ4v) is 10.8. The maximum absolute atomic E-state index is 14.1. The van der Waals surface area contributed by atoms with Gasteiger partial charge in [0.2, 0.25) is 5.91 Å². The van der Waals surface area contributed by atoms with E-state index in [-0.39, 0.29) is 40.8 Å². The van der Waals surface area contributed by atoms with Crippen LogP contribution in [0.1, 0.15) is 122 Å². The van der Waals surface area contributed by atoms with Gasteiger partial charge in [0.05, 0.1) is 31.1 Å². The summed E-state index contributed by atoms with van der Waals surface area (Å²) in [6, 6.07) is 26.9. The van der Waals surface area contributed by atoms with E-state index >= 15 is 0 Å². The molecule has 3 saturated carbocycles. The van der Waals surface area contributed by atoms with E-state index in [4.69, 9.17) is 14.7 Å². The number of carbonyl (C=O) groups is 3. The topological polar surface area (TPSA) is 140 Å². The number of fused-ring (bicyclic) bond motifs is 3. The molecular formula is C48H56N8O4. The predicted octanol–water partition coefficient (Wildman–Crippen LogP) is 8.07. The molecule has 5 aromatic rings. The number of imidazole rings is 2. The molecule has 3 amide bonds. The Hall–Kier alpha value is -5.75. The van der Waals surface area contributed by atoms with Crippen LogP contribution >= 0.6 is 0 Å². The van der Waals surface area contributed by atoms with Gasteiger partial charge in [0.1, 0.15) is 23.7 Å². The van der Waals surface area contributed by atoms with Crippen molar-refractivity contribution in [3.05, 3.63) is 131 Å². The van der Waals surface area contributed by atoms with E-state index < -0.39 is 12.1 Å². The Morgan fingerprint density at radius 2 is 1.27 bits per heavy atom. The van der Waals surface area contributed by atoms with Crippen molar-refractivity contribution in [1.82, 2.24) is 40.0 Å². The zero-order valence-electron chi connectivity index (χ0n) is 34.9. The van der Waals surface area contributed by atoms with Crippen molar-refractivity contribution in [2.75, 3.05) is 34.3 Å². The van der Waals surface area contributed by atoms with E-state index in [9.17, 15) is 14.4 Å². The summed E-state index contributed by atoms with van der Waals surface area (Å²) >= 11 is 0. The second-order valence-electron chi connectivity index (χ2n) is 17.6. The minimum atomic E-state index is -0.857. The molecule has 2 aliphatic heterocycles. The van der Waals surface area contributed by atoms with Crippen LogP contribution in [0.2, 0.25) is 0 Å². The van der Waals surface area contributed by atoms with Gasteiger partial charge in [0.25, 0.3) is 5.91 Å². The summed E-state index contributed by atoms with van der Waals surface area (Å²) in [7, 11) is 5.26. The predicted molar refractivity (Wildman–Crippen MR) is 229 cm³/mol. The van der Waals surface area contributed by atoms with Crippen LogP contribution in [0.3, 0.4) is 0 Å². The van der Waals surface area contributed by atoms with Crippen LogP contribution in [0.4, 0.5) is 4.79 Å². The molecule has 2 saturated heterocycles. The van der Waals surface area contributed by atoms with Crippen molar-refractivity contribution < 1.29 is 19.1 Å². The summed E-state index contributed by atoms with van der Waals surface area (Å²) < 4.78 is 4.86. The normalized spacial score (nSPS) is 24.7. The molecule has 10 rings (SSSR count). The zero-order chi connectivity index (χ0) is 41.4. The van der Waals surface area contributed by atoms with Crippen molar-refractivity contribution in [3.8, 4) is 11.3 Å². The Kier molecular flexibility index (Phi) is 10.8. The van der Waals surface area contributed by atoms with E-state index in [0.29, 0.717) is 12.1 Å². The van der Waals surface area contributed by atoms with Gasteiger partial charge in [0, 0.05) is 30.4 Å². The molecule has 5 aliphatic rings. The number of aromatic nitrogens is 4. The third-order valence-electron chi connectivity index (χ3n) is 14.2. The highest BCUT2D eigenvalue weighted by Crippen LogP contribution is 2.58. The highest BCUT2D eigenvalue weighted by atomic mass is 16.5. The van der Waals surface area contributed by atoms with Crippen molar-refractivity contribution in [2.24, 2.45) is 0 Å². The lowest BCUT2D eigenvalue weighted by atomic mass is 9.51. The fraction of sp³-hybridized carbons (Fsp3) is 0.438. The van der Waals surface area contributed by atoms with E-state index in [0.717, 1.165) is 99.2 Å². The SMILES string of the molecule is COC(=O)NC(C(=O)N1CCCC1c1ncc(-c2ccc(C34CCC(c5cnc(C6CCCN6C(=O)C(c6ccccc6)N(C)C)[nH]5)(CC3)CC4)cc2)[nH]1)c1ccccc1. The maximum atomic E-state index is 14.1. The molecule has 0 radical (unpaired) electrons. The van der Waals surface area contributed by atoms with Gasteiger partial charge in [-0.2, -0.15) is 0 Å². The van der Waals surface area contributed by atoms with Crippen molar-refractivity contribution >= 4 is 17.9 Å². The number of likely N-dealkylation sites (N-methyl/N-ethyl adjacent to an activating group) is 1. The molecule has 2 aromatic heterocycles. The summed E-state index contributed by atoms with van der Waals surface area (Å²) in [5, 5.41) is 2.74. The minimum absolute atomic E-state index is 0.0357.